The van der Waals surface area contributed by atoms with E-state index in [9.17, 15) is 0 Å². The van der Waals surface area contributed by atoms with Gasteiger partial charge in [-0.3, -0.25) is 0 Å². The van der Waals surface area contributed by atoms with Crippen LogP contribution in [-0.2, 0) is 0 Å². The molecule has 0 radical (unpaired) electrons. The highest BCUT2D eigenvalue weighted by molar-refractivity contribution is 9.10. The monoisotopic (exact) mass is 345 g/mol. The molecule has 1 aromatic carbocycles. The minimum atomic E-state index is -0.235. The summed E-state index contributed by atoms with van der Waals surface area (Å²) in [7, 11) is 1.63. The van der Waals surface area contributed by atoms with Gasteiger partial charge in [-0.15, -0.1) is 0 Å². The van der Waals surface area contributed by atoms with Gasteiger partial charge in [0.2, 0.25) is 0 Å². The standard InChI is InChI=1S/C13H13BrClNOS/c1-7-5-18-6-10(7)12(16)9-3-8(15)4-11(14)13(9)17-2/h3-6,12H,16H2,1-2H3. The second-order valence-electron chi connectivity index (χ2n) is 4.00. The smallest absolute Gasteiger partial charge is 0.138 e. The lowest BCUT2D eigenvalue weighted by Crippen LogP contribution is -2.13. The van der Waals surface area contributed by atoms with Crippen molar-refractivity contribution in [1.82, 2.24) is 0 Å². The molecule has 2 N–H and O–H groups in total. The van der Waals surface area contributed by atoms with Gasteiger partial charge in [0.05, 0.1) is 17.6 Å². The molecular formula is C13H13BrClNOS. The van der Waals surface area contributed by atoms with E-state index < -0.39 is 0 Å². The van der Waals surface area contributed by atoms with Crippen molar-refractivity contribution in [2.45, 2.75) is 13.0 Å². The maximum Gasteiger partial charge on any atom is 0.138 e. The predicted octanol–water partition coefficient (Wildman–Crippen LogP) is 4.53. The Morgan fingerprint density at radius 3 is 2.61 bits per heavy atom. The van der Waals surface area contributed by atoms with Gasteiger partial charge in [-0.25, -0.2) is 0 Å². The molecule has 1 atom stereocenters. The van der Waals surface area contributed by atoms with Gasteiger partial charge in [0.15, 0.2) is 0 Å². The molecular weight excluding hydrogens is 334 g/mol. The lowest BCUT2D eigenvalue weighted by Gasteiger charge is -2.17. The number of hydrogen-bond acceptors (Lipinski definition) is 3. The van der Waals surface area contributed by atoms with Crippen LogP contribution in [0, 0.1) is 6.92 Å². The van der Waals surface area contributed by atoms with Crippen molar-refractivity contribution in [2.75, 3.05) is 7.11 Å². The number of aryl methyl sites for hydroxylation is 1. The molecule has 0 aliphatic rings. The van der Waals surface area contributed by atoms with E-state index >= 15 is 0 Å². The van der Waals surface area contributed by atoms with Crippen LogP contribution < -0.4 is 10.5 Å². The van der Waals surface area contributed by atoms with Crippen molar-refractivity contribution in [3.8, 4) is 5.75 Å². The summed E-state index contributed by atoms with van der Waals surface area (Å²) in [6, 6.07) is 3.42. The average molecular weight is 347 g/mol. The van der Waals surface area contributed by atoms with Crippen LogP contribution in [0.25, 0.3) is 0 Å². The van der Waals surface area contributed by atoms with Gasteiger partial charge in [-0.1, -0.05) is 11.6 Å². The van der Waals surface area contributed by atoms with Crippen LogP contribution in [0.15, 0.2) is 27.4 Å². The van der Waals surface area contributed by atoms with E-state index in [1.807, 2.05) is 6.07 Å². The Hall–Kier alpha value is -0.550. The van der Waals surface area contributed by atoms with E-state index in [-0.39, 0.29) is 6.04 Å². The third kappa shape index (κ3) is 2.57. The maximum absolute atomic E-state index is 6.32. The zero-order valence-corrected chi connectivity index (χ0v) is 13.2. The van der Waals surface area contributed by atoms with Gasteiger partial charge in [0, 0.05) is 10.6 Å². The van der Waals surface area contributed by atoms with Gasteiger partial charge < -0.3 is 10.5 Å². The molecule has 0 saturated carbocycles. The molecule has 2 aromatic rings. The number of rotatable bonds is 3. The first-order valence-corrected chi connectivity index (χ1v) is 7.47. The summed E-state index contributed by atoms with van der Waals surface area (Å²) in [5, 5.41) is 4.79. The number of methoxy groups -OCH3 is 1. The van der Waals surface area contributed by atoms with E-state index in [0.29, 0.717) is 5.02 Å². The number of hydrogen-bond donors (Lipinski definition) is 1. The Kier molecular flexibility index (Phi) is 4.33. The zero-order chi connectivity index (χ0) is 13.3. The first kappa shape index (κ1) is 13.9. The van der Waals surface area contributed by atoms with Crippen molar-refractivity contribution < 1.29 is 4.74 Å². The fourth-order valence-corrected chi connectivity index (χ4v) is 3.77. The number of benzene rings is 1. The summed E-state index contributed by atoms with van der Waals surface area (Å²) < 4.78 is 6.22. The van der Waals surface area contributed by atoms with Crippen LogP contribution in [0.2, 0.25) is 5.02 Å². The summed E-state index contributed by atoms with van der Waals surface area (Å²) in [5.41, 5.74) is 9.50. The molecule has 96 valence electrons. The van der Waals surface area contributed by atoms with Crippen LogP contribution in [0.4, 0.5) is 0 Å². The molecule has 0 aliphatic heterocycles. The van der Waals surface area contributed by atoms with E-state index in [4.69, 9.17) is 22.1 Å². The molecule has 0 saturated heterocycles. The molecule has 1 aromatic heterocycles. The lowest BCUT2D eigenvalue weighted by atomic mass is 9.98. The first-order chi connectivity index (χ1) is 8.54. The number of ether oxygens (including phenoxy) is 1. The molecule has 2 nitrogen and oxygen atoms in total. The molecule has 0 fully saturated rings. The van der Waals surface area contributed by atoms with Gasteiger partial charge in [-0.05, 0) is 56.9 Å². The third-order valence-corrected chi connectivity index (χ3v) is 4.49. The summed E-state index contributed by atoms with van der Waals surface area (Å²) in [4.78, 5) is 0. The second kappa shape index (κ2) is 5.61. The van der Waals surface area contributed by atoms with E-state index in [1.165, 1.54) is 5.56 Å². The Morgan fingerprint density at radius 2 is 2.06 bits per heavy atom. The molecule has 0 aliphatic carbocycles. The van der Waals surface area contributed by atoms with Crippen LogP contribution >= 0.6 is 38.9 Å². The van der Waals surface area contributed by atoms with Crippen molar-refractivity contribution >= 4 is 38.9 Å². The minimum Gasteiger partial charge on any atom is -0.495 e. The molecule has 0 amide bonds. The lowest BCUT2D eigenvalue weighted by molar-refractivity contribution is 0.405. The van der Waals surface area contributed by atoms with E-state index in [2.05, 4.69) is 33.6 Å². The molecule has 2 rings (SSSR count). The van der Waals surface area contributed by atoms with Crippen LogP contribution in [0.3, 0.4) is 0 Å². The molecule has 5 heteroatoms. The summed E-state index contributed by atoms with van der Waals surface area (Å²) >= 11 is 11.2. The highest BCUT2D eigenvalue weighted by Gasteiger charge is 2.19. The molecule has 1 unspecified atom stereocenters. The fraction of sp³-hybridized carbons (Fsp3) is 0.231. The molecule has 0 bridgehead atoms. The van der Waals surface area contributed by atoms with Gasteiger partial charge in [0.1, 0.15) is 5.75 Å². The fourth-order valence-electron chi connectivity index (χ4n) is 1.88. The normalized spacial score (nSPS) is 12.5. The highest BCUT2D eigenvalue weighted by Crippen LogP contribution is 2.38. The Bertz CT molecular complexity index is 570. The van der Waals surface area contributed by atoms with Gasteiger partial charge >= 0.3 is 0 Å². The third-order valence-electron chi connectivity index (χ3n) is 2.81. The number of thiophene rings is 1. The van der Waals surface area contributed by atoms with Crippen LogP contribution in [-0.4, -0.2) is 7.11 Å². The van der Waals surface area contributed by atoms with Crippen LogP contribution in [0.1, 0.15) is 22.7 Å². The molecule has 1 heterocycles. The number of nitrogens with two attached hydrogens (primary N) is 1. The van der Waals surface area contributed by atoms with Gasteiger partial charge in [0.25, 0.3) is 0 Å². The first-order valence-electron chi connectivity index (χ1n) is 5.35. The Morgan fingerprint density at radius 1 is 1.33 bits per heavy atom. The largest absolute Gasteiger partial charge is 0.495 e. The minimum absolute atomic E-state index is 0.235. The van der Waals surface area contributed by atoms with Crippen molar-refractivity contribution in [2.24, 2.45) is 5.73 Å². The van der Waals surface area contributed by atoms with Crippen molar-refractivity contribution in [3.05, 3.63) is 49.1 Å². The SMILES string of the molecule is COc1c(Br)cc(Cl)cc1C(N)c1cscc1C. The molecule has 0 spiro atoms. The molecule has 18 heavy (non-hydrogen) atoms. The highest BCUT2D eigenvalue weighted by atomic mass is 79.9. The summed E-state index contributed by atoms with van der Waals surface area (Å²) in [6.45, 7) is 2.05. The average Bonchev–Trinajstić information content (AvgIpc) is 2.73. The topological polar surface area (TPSA) is 35.2 Å². The quantitative estimate of drug-likeness (QED) is 0.886. The number of halogens is 2. The second-order valence-corrected chi connectivity index (χ2v) is 6.03. The van der Waals surface area contributed by atoms with Crippen molar-refractivity contribution in [3.63, 3.8) is 0 Å². The van der Waals surface area contributed by atoms with Crippen molar-refractivity contribution in [1.29, 1.82) is 0 Å². The predicted molar refractivity (Wildman–Crippen MR) is 80.8 cm³/mol. The summed E-state index contributed by atoms with van der Waals surface area (Å²) in [6.07, 6.45) is 0. The Labute approximate surface area is 124 Å². The maximum atomic E-state index is 6.32. The Balaban J connectivity index is 2.54. The summed E-state index contributed by atoms with van der Waals surface area (Å²) in [5.74, 6) is 0.734. The zero-order valence-electron chi connectivity index (χ0n) is 10.0. The van der Waals surface area contributed by atoms with E-state index in [0.717, 1.165) is 21.3 Å². The van der Waals surface area contributed by atoms with Gasteiger partial charge in [-0.2, -0.15) is 11.3 Å². The van der Waals surface area contributed by atoms with Crippen LogP contribution in [0.5, 0.6) is 5.75 Å². The van der Waals surface area contributed by atoms with E-state index in [1.54, 1.807) is 24.5 Å².